The summed E-state index contributed by atoms with van der Waals surface area (Å²) >= 11 is 0. The predicted octanol–water partition coefficient (Wildman–Crippen LogP) is 2.90. The van der Waals surface area contributed by atoms with Crippen molar-refractivity contribution in [2.75, 3.05) is 0 Å². The van der Waals surface area contributed by atoms with E-state index in [4.69, 9.17) is 9.31 Å². The zero-order valence-corrected chi connectivity index (χ0v) is 14.8. The number of hydrogen-bond donors (Lipinski definition) is 0. The first-order valence-electron chi connectivity index (χ1n) is 9.26. The van der Waals surface area contributed by atoms with Crippen molar-refractivity contribution in [1.29, 1.82) is 0 Å². The largest absolute Gasteiger partial charge is 0.666 e. The number of carbonyl (C=O) groups excluding carboxylic acids is 1. The average Bonchev–Trinajstić information content (AvgIpc) is 2.99. The highest BCUT2D eigenvalue weighted by atomic mass is 16.7. The summed E-state index contributed by atoms with van der Waals surface area (Å²) in [5, 5.41) is 0. The van der Waals surface area contributed by atoms with Crippen molar-refractivity contribution in [3.05, 3.63) is 96.1 Å². The van der Waals surface area contributed by atoms with E-state index in [0.29, 0.717) is 13.0 Å². The fraction of sp³-hybridized carbons (Fsp3) is 0.136. The van der Waals surface area contributed by atoms with Gasteiger partial charge in [0, 0.05) is 5.56 Å². The molecule has 0 aromatic heterocycles. The van der Waals surface area contributed by atoms with Gasteiger partial charge in [0.2, 0.25) is 0 Å². The van der Waals surface area contributed by atoms with Crippen molar-refractivity contribution >= 4 is 18.1 Å². The maximum absolute atomic E-state index is 12.9. The van der Waals surface area contributed by atoms with Gasteiger partial charge in [-0.3, -0.25) is 4.79 Å². The molecular weight excluding hydrogens is 337 g/mol. The number of rotatable bonds is 3. The second-order valence-corrected chi connectivity index (χ2v) is 7.12. The van der Waals surface area contributed by atoms with Crippen LogP contribution < -0.4 is 10.1 Å². The van der Waals surface area contributed by atoms with E-state index in [1.807, 2.05) is 84.9 Å². The molecule has 0 spiro atoms. The molecule has 1 unspecified atom stereocenters. The van der Waals surface area contributed by atoms with Crippen LogP contribution in [0.4, 0.5) is 0 Å². The average molecular weight is 356 g/mol. The summed E-state index contributed by atoms with van der Waals surface area (Å²) in [6.45, 7) is -1.43. The van der Waals surface area contributed by atoms with E-state index in [9.17, 15) is 4.79 Å². The van der Waals surface area contributed by atoms with Crippen molar-refractivity contribution in [1.82, 2.24) is 4.81 Å². The predicted molar refractivity (Wildman–Crippen MR) is 104 cm³/mol. The summed E-state index contributed by atoms with van der Waals surface area (Å²) in [5.74, 6) is 0.557. The van der Waals surface area contributed by atoms with E-state index in [2.05, 4.69) is 4.81 Å². The zero-order chi connectivity index (χ0) is 18.3. The van der Waals surface area contributed by atoms with Crippen molar-refractivity contribution in [2.45, 2.75) is 19.0 Å². The third kappa shape index (κ3) is 2.63. The minimum Gasteiger partial charge on any atom is -0.666 e. The second kappa shape index (κ2) is 6.29. The number of benzene rings is 3. The molecule has 2 atom stereocenters. The Morgan fingerprint density at radius 3 is 2.30 bits per heavy atom. The van der Waals surface area contributed by atoms with Crippen LogP contribution >= 0.6 is 0 Å². The summed E-state index contributed by atoms with van der Waals surface area (Å²) in [7, 11) is 0. The fourth-order valence-electron chi connectivity index (χ4n) is 4.18. The number of fused-ring (bicyclic) bond motifs is 2. The van der Waals surface area contributed by atoms with Gasteiger partial charge in [0.25, 0.3) is 5.97 Å². The Kier molecular flexibility index (Phi) is 3.76. The molecule has 0 amide bonds. The first-order valence-corrected chi connectivity index (χ1v) is 9.26. The maximum atomic E-state index is 12.9. The van der Waals surface area contributed by atoms with Gasteiger partial charge in [0.15, 0.2) is 0 Å². The molecule has 3 aromatic rings. The quantitative estimate of drug-likeness (QED) is 0.677. The third-order valence-corrected chi connectivity index (χ3v) is 5.49. The molecular formula is C22H19BNO3-. The van der Waals surface area contributed by atoms with Crippen LogP contribution in [0.2, 0.25) is 0 Å². The van der Waals surface area contributed by atoms with Gasteiger partial charge < -0.3 is 14.1 Å². The van der Waals surface area contributed by atoms with E-state index in [1.54, 1.807) is 0 Å². The van der Waals surface area contributed by atoms with Crippen LogP contribution in [0.5, 0.6) is 5.75 Å². The van der Waals surface area contributed by atoms with Crippen LogP contribution in [-0.2, 0) is 22.4 Å². The highest BCUT2D eigenvalue weighted by molar-refractivity contribution is 6.82. The Balaban J connectivity index is 1.60. The maximum Gasteiger partial charge on any atom is 0.460 e. The molecule has 0 radical (unpaired) electrons. The molecule has 27 heavy (non-hydrogen) atoms. The summed E-state index contributed by atoms with van der Waals surface area (Å²) < 4.78 is 12.4. The lowest BCUT2D eigenvalue weighted by atomic mass is 9.60. The van der Waals surface area contributed by atoms with Crippen LogP contribution in [0.25, 0.3) is 0 Å². The summed E-state index contributed by atoms with van der Waals surface area (Å²) in [6, 6.07) is 27.4. The molecule has 2 aliphatic heterocycles. The Morgan fingerprint density at radius 1 is 0.852 bits per heavy atom. The first-order chi connectivity index (χ1) is 13.3. The lowest BCUT2D eigenvalue weighted by Crippen LogP contribution is -2.67. The standard InChI is InChI=1S/C22H19BNO3/c25-22-20(15-17-9-3-1-4-10-17)24-16-18-11-7-8-14-21(18)26-23(24,27-22)19-12-5-2-6-13-19/h1-14,20H,15-16H2/q-1/t20-,23?/m0/s1. The minimum atomic E-state index is -2.05. The summed E-state index contributed by atoms with van der Waals surface area (Å²) in [6.07, 6.45) is 0.599. The smallest absolute Gasteiger partial charge is 0.460 e. The van der Waals surface area contributed by atoms with Crippen LogP contribution in [0.1, 0.15) is 11.1 Å². The van der Waals surface area contributed by atoms with E-state index in [1.165, 1.54) is 0 Å². The van der Waals surface area contributed by atoms with Crippen molar-refractivity contribution < 1.29 is 14.1 Å². The zero-order valence-electron chi connectivity index (χ0n) is 14.8. The van der Waals surface area contributed by atoms with Gasteiger partial charge in [-0.15, -0.1) is 5.46 Å². The van der Waals surface area contributed by atoms with Crippen LogP contribution in [0.15, 0.2) is 84.9 Å². The Bertz CT molecular complexity index is 979. The van der Waals surface area contributed by atoms with Gasteiger partial charge in [-0.25, -0.2) is 0 Å². The minimum absolute atomic E-state index is 0.226. The molecule has 0 N–H and O–H groups in total. The molecule has 3 aromatic carbocycles. The van der Waals surface area contributed by atoms with E-state index in [0.717, 1.165) is 22.3 Å². The Labute approximate surface area is 158 Å². The first kappa shape index (κ1) is 16.2. The normalized spacial score (nSPS) is 23.9. The highest BCUT2D eigenvalue weighted by Gasteiger charge is 2.54. The van der Waals surface area contributed by atoms with Crippen LogP contribution in [-0.4, -0.2) is 23.5 Å². The van der Waals surface area contributed by atoms with Gasteiger partial charge in [-0.2, -0.15) is 0 Å². The molecule has 1 fully saturated rings. The molecule has 134 valence electrons. The molecule has 2 aliphatic rings. The number of para-hydroxylation sites is 1. The highest BCUT2D eigenvalue weighted by Crippen LogP contribution is 2.37. The fourth-order valence-corrected chi connectivity index (χ4v) is 4.18. The van der Waals surface area contributed by atoms with E-state index >= 15 is 0 Å². The van der Waals surface area contributed by atoms with E-state index in [-0.39, 0.29) is 12.0 Å². The SMILES string of the molecule is O=C1O[B-]2(c3ccccc3)Oc3ccccc3CN2[C@H]1Cc1ccccc1. The monoisotopic (exact) mass is 356 g/mol. The number of carbonyl (C=O) groups is 1. The van der Waals surface area contributed by atoms with Crippen molar-refractivity contribution in [3.63, 3.8) is 0 Å². The van der Waals surface area contributed by atoms with Gasteiger partial charge in [0.05, 0.1) is 11.8 Å². The van der Waals surface area contributed by atoms with Crippen molar-refractivity contribution in [3.8, 4) is 5.75 Å². The molecule has 0 bridgehead atoms. The molecule has 1 saturated heterocycles. The van der Waals surface area contributed by atoms with Crippen molar-refractivity contribution in [2.24, 2.45) is 0 Å². The van der Waals surface area contributed by atoms with Gasteiger partial charge in [0.1, 0.15) is 0 Å². The Hall–Kier alpha value is -3.05. The summed E-state index contributed by atoms with van der Waals surface area (Å²) in [4.78, 5) is 15.1. The number of hydrogen-bond acceptors (Lipinski definition) is 4. The van der Waals surface area contributed by atoms with E-state index < -0.39 is 6.69 Å². The lowest BCUT2D eigenvalue weighted by Gasteiger charge is -2.49. The Morgan fingerprint density at radius 2 is 1.52 bits per heavy atom. The molecule has 2 heterocycles. The topological polar surface area (TPSA) is 38.8 Å². The van der Waals surface area contributed by atoms with Crippen LogP contribution in [0.3, 0.4) is 0 Å². The summed E-state index contributed by atoms with van der Waals surface area (Å²) in [5.41, 5.74) is 3.07. The van der Waals surface area contributed by atoms with Crippen LogP contribution in [0, 0.1) is 0 Å². The molecule has 5 rings (SSSR count). The molecule has 4 nitrogen and oxygen atoms in total. The molecule has 5 heteroatoms. The number of nitrogens with zero attached hydrogens (tertiary/aromatic N) is 1. The van der Waals surface area contributed by atoms with Gasteiger partial charge in [-0.1, -0.05) is 78.9 Å². The molecule has 0 aliphatic carbocycles. The van der Waals surface area contributed by atoms with Gasteiger partial charge in [-0.05, 0) is 24.6 Å². The second-order valence-electron chi connectivity index (χ2n) is 7.12. The lowest BCUT2D eigenvalue weighted by molar-refractivity contribution is -0.135. The van der Waals surface area contributed by atoms with Gasteiger partial charge >= 0.3 is 6.69 Å². The molecule has 0 saturated carbocycles. The third-order valence-electron chi connectivity index (χ3n) is 5.49.